The number of hydrogen-bond donors (Lipinski definition) is 2. The van der Waals surface area contributed by atoms with Crippen molar-refractivity contribution in [2.45, 2.75) is 14.7 Å². The molecular weight excluding hydrogens is 294 g/mol. The molecule has 0 aliphatic carbocycles. The molecule has 0 bridgehead atoms. The topological polar surface area (TPSA) is 37.4 Å². The highest BCUT2D eigenvalue weighted by Crippen LogP contribution is 2.25. The Morgan fingerprint density at radius 3 is 2.35 bits per heavy atom. The van der Waals surface area contributed by atoms with Crippen LogP contribution >= 0.6 is 37.0 Å². The Labute approximate surface area is 117 Å². The van der Waals surface area contributed by atoms with E-state index in [1.165, 1.54) is 4.31 Å². The van der Waals surface area contributed by atoms with E-state index in [2.05, 4.69) is 25.3 Å². The summed E-state index contributed by atoms with van der Waals surface area (Å²) in [5.41, 5.74) is 0. The van der Waals surface area contributed by atoms with Crippen molar-refractivity contribution >= 4 is 47.0 Å². The molecule has 0 N–H and O–H groups in total. The molecule has 1 heterocycles. The second kappa shape index (κ2) is 5.44. The maximum absolute atomic E-state index is 12.3. The lowest BCUT2D eigenvalue weighted by Gasteiger charge is -2.25. The van der Waals surface area contributed by atoms with Gasteiger partial charge in [0.15, 0.2) is 0 Å². The van der Waals surface area contributed by atoms with Crippen LogP contribution in [0.3, 0.4) is 0 Å². The fourth-order valence-corrected chi connectivity index (χ4v) is 4.64. The van der Waals surface area contributed by atoms with E-state index in [-0.39, 0.29) is 0 Å². The van der Waals surface area contributed by atoms with Gasteiger partial charge in [-0.15, -0.1) is 25.3 Å². The Morgan fingerprint density at radius 1 is 1.12 bits per heavy atom. The Morgan fingerprint density at radius 2 is 1.76 bits per heavy atom. The first-order valence-electron chi connectivity index (χ1n) is 5.12. The van der Waals surface area contributed by atoms with Gasteiger partial charge < -0.3 is 0 Å². The Balaban J connectivity index is 2.33. The molecule has 0 radical (unpaired) electrons. The lowest BCUT2D eigenvalue weighted by molar-refractivity contribution is 0.443. The van der Waals surface area contributed by atoms with Gasteiger partial charge in [-0.3, -0.25) is 0 Å². The number of hydrogen-bond acceptors (Lipinski definition) is 5. The van der Waals surface area contributed by atoms with E-state index < -0.39 is 10.0 Å². The summed E-state index contributed by atoms with van der Waals surface area (Å²) in [6.45, 7) is 1.16. The third-order valence-electron chi connectivity index (χ3n) is 2.55. The van der Waals surface area contributed by atoms with E-state index in [1.807, 2.05) is 0 Å². The molecule has 0 atom stereocenters. The highest BCUT2D eigenvalue weighted by atomic mass is 32.2. The third kappa shape index (κ3) is 2.96. The molecule has 1 aromatic rings. The highest BCUT2D eigenvalue weighted by molar-refractivity contribution is 7.99. The minimum Gasteiger partial charge on any atom is -0.207 e. The number of rotatable bonds is 2. The van der Waals surface area contributed by atoms with Crippen LogP contribution in [0.5, 0.6) is 0 Å². The summed E-state index contributed by atoms with van der Waals surface area (Å²) < 4.78 is 26.1. The van der Waals surface area contributed by atoms with Crippen molar-refractivity contribution in [1.29, 1.82) is 0 Å². The van der Waals surface area contributed by atoms with Crippen LogP contribution in [0.25, 0.3) is 0 Å². The van der Waals surface area contributed by atoms with Crippen molar-refractivity contribution < 1.29 is 8.42 Å². The second-order valence-electron chi connectivity index (χ2n) is 3.67. The summed E-state index contributed by atoms with van der Waals surface area (Å²) >= 11 is 10.2. The van der Waals surface area contributed by atoms with Crippen LogP contribution < -0.4 is 0 Å². The first kappa shape index (κ1) is 13.6. The van der Waals surface area contributed by atoms with Crippen LogP contribution in [0.2, 0.25) is 0 Å². The molecule has 0 saturated carbocycles. The standard InChI is InChI=1S/C10H13NO2S4/c12-17(13,11-3-5-16-6-4-11)8-1-2-9(14)10(15)7-8/h1-2,7,14-15H,3-6H2. The van der Waals surface area contributed by atoms with Crippen LogP contribution in [-0.2, 0) is 10.0 Å². The number of benzene rings is 1. The quantitative estimate of drug-likeness (QED) is 0.821. The molecule has 3 nitrogen and oxygen atoms in total. The predicted molar refractivity (Wildman–Crippen MR) is 77.0 cm³/mol. The Bertz CT molecular complexity index is 509. The lowest BCUT2D eigenvalue weighted by atomic mass is 10.4. The first-order chi connectivity index (χ1) is 8.01. The van der Waals surface area contributed by atoms with Gasteiger partial charge in [0.2, 0.25) is 10.0 Å². The van der Waals surface area contributed by atoms with Crippen molar-refractivity contribution in [3.63, 3.8) is 0 Å². The van der Waals surface area contributed by atoms with Crippen LogP contribution in [0, 0.1) is 0 Å². The second-order valence-corrected chi connectivity index (χ2v) is 7.79. The molecule has 94 valence electrons. The van der Waals surface area contributed by atoms with Crippen LogP contribution in [0.1, 0.15) is 0 Å². The summed E-state index contributed by atoms with van der Waals surface area (Å²) in [6.07, 6.45) is 0. The molecule has 7 heteroatoms. The molecule has 1 fully saturated rings. The summed E-state index contributed by atoms with van der Waals surface area (Å²) in [4.78, 5) is 1.56. The largest absolute Gasteiger partial charge is 0.243 e. The first-order valence-corrected chi connectivity index (χ1v) is 8.60. The maximum Gasteiger partial charge on any atom is 0.243 e. The number of nitrogens with zero attached hydrogens (tertiary/aromatic N) is 1. The van der Waals surface area contributed by atoms with Gasteiger partial charge in [-0.25, -0.2) is 8.42 Å². The van der Waals surface area contributed by atoms with Gasteiger partial charge in [-0.1, -0.05) is 0 Å². The van der Waals surface area contributed by atoms with E-state index in [0.717, 1.165) is 11.5 Å². The van der Waals surface area contributed by atoms with E-state index in [9.17, 15) is 8.42 Å². The van der Waals surface area contributed by atoms with E-state index in [1.54, 1.807) is 30.0 Å². The SMILES string of the molecule is O=S(=O)(c1ccc(S)c(S)c1)N1CCSCC1. The van der Waals surface area contributed by atoms with Crippen LogP contribution in [0.4, 0.5) is 0 Å². The molecule has 0 aromatic heterocycles. The zero-order valence-electron chi connectivity index (χ0n) is 9.04. The normalized spacial score (nSPS) is 18.2. The van der Waals surface area contributed by atoms with Gasteiger partial charge in [0.05, 0.1) is 4.90 Å². The van der Waals surface area contributed by atoms with E-state index >= 15 is 0 Å². The molecule has 17 heavy (non-hydrogen) atoms. The molecule has 2 rings (SSSR count). The van der Waals surface area contributed by atoms with Gasteiger partial charge in [0.25, 0.3) is 0 Å². The van der Waals surface area contributed by atoms with Gasteiger partial charge in [-0.05, 0) is 18.2 Å². The smallest absolute Gasteiger partial charge is 0.207 e. The summed E-state index contributed by atoms with van der Waals surface area (Å²) in [7, 11) is -3.36. The van der Waals surface area contributed by atoms with Crippen molar-refractivity contribution in [3.8, 4) is 0 Å². The van der Waals surface area contributed by atoms with Crippen molar-refractivity contribution in [2.75, 3.05) is 24.6 Å². The van der Waals surface area contributed by atoms with Gasteiger partial charge in [0.1, 0.15) is 0 Å². The molecule has 0 amide bonds. The molecule has 0 unspecified atom stereocenters. The average Bonchev–Trinajstić information content (AvgIpc) is 2.33. The summed E-state index contributed by atoms with van der Waals surface area (Å²) in [5, 5.41) is 0. The van der Waals surface area contributed by atoms with Gasteiger partial charge in [-0.2, -0.15) is 16.1 Å². The summed E-state index contributed by atoms with van der Waals surface area (Å²) in [6, 6.07) is 4.80. The number of thioether (sulfide) groups is 1. The Hall–Kier alpha value is 0.180. The van der Waals surface area contributed by atoms with Gasteiger partial charge >= 0.3 is 0 Å². The minimum atomic E-state index is -3.36. The monoisotopic (exact) mass is 307 g/mol. The maximum atomic E-state index is 12.3. The third-order valence-corrected chi connectivity index (χ3v) is 6.33. The molecular formula is C10H13NO2S4. The van der Waals surface area contributed by atoms with Crippen molar-refractivity contribution in [1.82, 2.24) is 4.31 Å². The van der Waals surface area contributed by atoms with E-state index in [4.69, 9.17) is 0 Å². The Kier molecular flexibility index (Phi) is 4.35. The predicted octanol–water partition coefficient (Wildman–Crippen LogP) is 2.00. The fourth-order valence-electron chi connectivity index (χ4n) is 1.60. The molecule has 0 spiro atoms. The number of sulfonamides is 1. The average molecular weight is 307 g/mol. The number of thiol groups is 2. The van der Waals surface area contributed by atoms with Crippen LogP contribution in [-0.4, -0.2) is 37.3 Å². The molecule has 1 aliphatic heterocycles. The van der Waals surface area contributed by atoms with E-state index in [0.29, 0.717) is 27.8 Å². The molecule has 1 saturated heterocycles. The van der Waals surface area contributed by atoms with Crippen LogP contribution in [0.15, 0.2) is 32.9 Å². The highest BCUT2D eigenvalue weighted by Gasteiger charge is 2.26. The fraction of sp³-hybridized carbons (Fsp3) is 0.400. The van der Waals surface area contributed by atoms with Crippen molar-refractivity contribution in [2.24, 2.45) is 0 Å². The lowest BCUT2D eigenvalue weighted by Crippen LogP contribution is -2.37. The zero-order chi connectivity index (χ0) is 12.5. The molecule has 1 aliphatic rings. The summed E-state index contributed by atoms with van der Waals surface area (Å²) in [5.74, 6) is 1.72. The minimum absolute atomic E-state index is 0.298. The van der Waals surface area contributed by atoms with Gasteiger partial charge in [0, 0.05) is 34.4 Å². The molecule has 1 aromatic carbocycles. The van der Waals surface area contributed by atoms with Crippen molar-refractivity contribution in [3.05, 3.63) is 18.2 Å². The zero-order valence-corrected chi connectivity index (χ0v) is 12.5.